The van der Waals surface area contributed by atoms with E-state index < -0.39 is 0 Å². The number of oxazole rings is 1. The van der Waals surface area contributed by atoms with E-state index in [0.29, 0.717) is 30.7 Å². The van der Waals surface area contributed by atoms with Crippen LogP contribution in [0.5, 0.6) is 5.75 Å². The molecule has 1 aromatic carbocycles. The van der Waals surface area contributed by atoms with E-state index in [0.717, 1.165) is 31.7 Å². The topological polar surface area (TPSA) is 76.4 Å². The van der Waals surface area contributed by atoms with Crippen LogP contribution in [0.25, 0.3) is 0 Å². The van der Waals surface area contributed by atoms with Crippen LogP contribution in [0.15, 0.2) is 41.0 Å². The quantitative estimate of drug-likeness (QED) is 0.797. The van der Waals surface area contributed by atoms with Crippen LogP contribution in [-0.2, 0) is 0 Å². The highest BCUT2D eigenvalue weighted by Gasteiger charge is 2.21. The standard InChI is InChI=1S/C17H21N3O3/c21-16(19-10-11-22-14-4-2-1-3-5-14)15-12-23-17(20-15)13-6-8-18-9-7-13/h1-5,12-13,18H,6-11H2,(H,19,21). The third-order valence-electron chi connectivity index (χ3n) is 3.84. The summed E-state index contributed by atoms with van der Waals surface area (Å²) in [5.41, 5.74) is 0.332. The Morgan fingerprint density at radius 2 is 2.09 bits per heavy atom. The second-order valence-corrected chi connectivity index (χ2v) is 5.51. The lowest BCUT2D eigenvalue weighted by molar-refractivity contribution is 0.0942. The summed E-state index contributed by atoms with van der Waals surface area (Å²) in [5.74, 6) is 1.53. The van der Waals surface area contributed by atoms with E-state index in [-0.39, 0.29) is 5.91 Å². The van der Waals surface area contributed by atoms with Gasteiger partial charge in [-0.2, -0.15) is 0 Å². The highest BCUT2D eigenvalue weighted by Crippen LogP contribution is 2.24. The van der Waals surface area contributed by atoms with Crippen LogP contribution in [0.4, 0.5) is 0 Å². The minimum atomic E-state index is -0.231. The van der Waals surface area contributed by atoms with Gasteiger partial charge in [0.15, 0.2) is 11.6 Å². The first kappa shape index (κ1) is 15.6. The van der Waals surface area contributed by atoms with Crippen molar-refractivity contribution >= 4 is 5.91 Å². The Morgan fingerprint density at radius 1 is 1.30 bits per heavy atom. The van der Waals surface area contributed by atoms with E-state index in [2.05, 4.69) is 15.6 Å². The Labute approximate surface area is 135 Å². The molecular formula is C17H21N3O3. The zero-order valence-electron chi connectivity index (χ0n) is 13.0. The Hall–Kier alpha value is -2.34. The predicted molar refractivity (Wildman–Crippen MR) is 85.6 cm³/mol. The summed E-state index contributed by atoms with van der Waals surface area (Å²) in [6.07, 6.45) is 3.42. The number of amides is 1. The first-order chi connectivity index (χ1) is 11.3. The van der Waals surface area contributed by atoms with Gasteiger partial charge >= 0.3 is 0 Å². The molecule has 0 unspecified atom stereocenters. The average Bonchev–Trinajstić information content (AvgIpc) is 3.10. The van der Waals surface area contributed by atoms with Crippen molar-refractivity contribution in [3.8, 4) is 5.75 Å². The number of benzene rings is 1. The summed E-state index contributed by atoms with van der Waals surface area (Å²) >= 11 is 0. The van der Waals surface area contributed by atoms with E-state index in [1.165, 1.54) is 6.26 Å². The first-order valence-electron chi connectivity index (χ1n) is 7.95. The maximum Gasteiger partial charge on any atom is 0.273 e. The zero-order valence-corrected chi connectivity index (χ0v) is 13.0. The van der Waals surface area contributed by atoms with Crippen LogP contribution in [-0.4, -0.2) is 37.1 Å². The number of para-hydroxylation sites is 1. The number of nitrogens with one attached hydrogen (secondary N) is 2. The summed E-state index contributed by atoms with van der Waals surface area (Å²) in [5, 5.41) is 6.09. The number of carbonyl (C=O) groups excluding carboxylic acids is 1. The molecule has 1 aliphatic heterocycles. The van der Waals surface area contributed by atoms with Crippen LogP contribution in [0.2, 0.25) is 0 Å². The Bertz CT molecular complexity index is 621. The van der Waals surface area contributed by atoms with Gasteiger partial charge in [0, 0.05) is 5.92 Å². The zero-order chi connectivity index (χ0) is 15.9. The predicted octanol–water partition coefficient (Wildman–Crippen LogP) is 1.95. The van der Waals surface area contributed by atoms with Crippen molar-refractivity contribution in [3.63, 3.8) is 0 Å². The molecule has 0 radical (unpaired) electrons. The molecule has 23 heavy (non-hydrogen) atoms. The number of nitrogens with zero attached hydrogens (tertiary/aromatic N) is 1. The van der Waals surface area contributed by atoms with Gasteiger partial charge in [-0.3, -0.25) is 4.79 Å². The summed E-state index contributed by atoms with van der Waals surface area (Å²) in [6, 6.07) is 9.51. The van der Waals surface area contributed by atoms with Gasteiger partial charge in [0.1, 0.15) is 18.6 Å². The highest BCUT2D eigenvalue weighted by molar-refractivity contribution is 5.91. The molecule has 1 fully saturated rings. The number of carbonyl (C=O) groups is 1. The smallest absolute Gasteiger partial charge is 0.273 e. The van der Waals surface area contributed by atoms with Gasteiger partial charge in [-0.25, -0.2) is 4.98 Å². The monoisotopic (exact) mass is 315 g/mol. The van der Waals surface area contributed by atoms with Gasteiger partial charge in [-0.15, -0.1) is 0 Å². The van der Waals surface area contributed by atoms with Gasteiger partial charge in [-0.1, -0.05) is 18.2 Å². The minimum Gasteiger partial charge on any atom is -0.492 e. The number of ether oxygens (including phenoxy) is 1. The van der Waals surface area contributed by atoms with Gasteiger partial charge in [0.2, 0.25) is 0 Å². The molecule has 0 bridgehead atoms. The van der Waals surface area contributed by atoms with E-state index in [9.17, 15) is 4.79 Å². The number of hydrogen-bond donors (Lipinski definition) is 2. The molecule has 6 heteroatoms. The Morgan fingerprint density at radius 3 is 2.87 bits per heavy atom. The van der Waals surface area contributed by atoms with Crippen molar-refractivity contribution < 1.29 is 13.9 Å². The number of piperidine rings is 1. The van der Waals surface area contributed by atoms with Crippen molar-refractivity contribution in [1.82, 2.24) is 15.6 Å². The molecule has 3 rings (SSSR count). The molecule has 0 atom stereocenters. The molecular weight excluding hydrogens is 294 g/mol. The maximum absolute atomic E-state index is 12.1. The van der Waals surface area contributed by atoms with E-state index in [4.69, 9.17) is 9.15 Å². The summed E-state index contributed by atoms with van der Waals surface area (Å²) in [7, 11) is 0. The lowest BCUT2D eigenvalue weighted by Gasteiger charge is -2.19. The normalized spacial score (nSPS) is 15.3. The van der Waals surface area contributed by atoms with Crippen LogP contribution in [0, 0.1) is 0 Å². The van der Waals surface area contributed by atoms with Crippen molar-refractivity contribution in [1.29, 1.82) is 0 Å². The molecule has 1 saturated heterocycles. The van der Waals surface area contributed by atoms with Gasteiger partial charge in [0.25, 0.3) is 5.91 Å². The molecule has 1 aromatic heterocycles. The maximum atomic E-state index is 12.1. The Kier molecular flexibility index (Phi) is 5.26. The van der Waals surface area contributed by atoms with Gasteiger partial charge < -0.3 is 19.8 Å². The molecule has 122 valence electrons. The Balaban J connectivity index is 1.44. The van der Waals surface area contributed by atoms with Gasteiger partial charge in [0.05, 0.1) is 6.54 Å². The number of hydrogen-bond acceptors (Lipinski definition) is 5. The molecule has 1 amide bonds. The summed E-state index contributed by atoms with van der Waals surface area (Å²) < 4.78 is 11.0. The molecule has 2 N–H and O–H groups in total. The van der Waals surface area contributed by atoms with E-state index in [1.54, 1.807) is 0 Å². The molecule has 2 heterocycles. The number of aromatic nitrogens is 1. The van der Waals surface area contributed by atoms with Crippen LogP contribution in [0.1, 0.15) is 35.1 Å². The SMILES string of the molecule is O=C(NCCOc1ccccc1)c1coc(C2CCNCC2)n1. The first-order valence-corrected chi connectivity index (χ1v) is 7.95. The molecule has 2 aromatic rings. The fourth-order valence-electron chi connectivity index (χ4n) is 2.59. The fraction of sp³-hybridized carbons (Fsp3) is 0.412. The largest absolute Gasteiger partial charge is 0.492 e. The van der Waals surface area contributed by atoms with Crippen LogP contribution < -0.4 is 15.4 Å². The molecule has 6 nitrogen and oxygen atoms in total. The van der Waals surface area contributed by atoms with E-state index >= 15 is 0 Å². The fourth-order valence-corrected chi connectivity index (χ4v) is 2.59. The summed E-state index contributed by atoms with van der Waals surface area (Å²) in [4.78, 5) is 16.4. The second-order valence-electron chi connectivity index (χ2n) is 5.51. The third kappa shape index (κ3) is 4.32. The highest BCUT2D eigenvalue weighted by atomic mass is 16.5. The molecule has 0 spiro atoms. The van der Waals surface area contributed by atoms with E-state index in [1.807, 2.05) is 30.3 Å². The lowest BCUT2D eigenvalue weighted by Crippen LogP contribution is -2.29. The van der Waals surface area contributed by atoms with Crippen molar-refractivity contribution in [3.05, 3.63) is 48.2 Å². The minimum absolute atomic E-state index is 0.231. The lowest BCUT2D eigenvalue weighted by atomic mass is 9.98. The average molecular weight is 315 g/mol. The van der Waals surface area contributed by atoms with Crippen LogP contribution >= 0.6 is 0 Å². The summed E-state index contributed by atoms with van der Waals surface area (Å²) in [6.45, 7) is 2.76. The third-order valence-corrected chi connectivity index (χ3v) is 3.84. The van der Waals surface area contributed by atoms with Crippen LogP contribution in [0.3, 0.4) is 0 Å². The molecule has 1 aliphatic rings. The molecule has 0 saturated carbocycles. The van der Waals surface area contributed by atoms with Gasteiger partial charge in [-0.05, 0) is 38.1 Å². The van der Waals surface area contributed by atoms with Crippen molar-refractivity contribution in [2.24, 2.45) is 0 Å². The second kappa shape index (κ2) is 7.78. The molecule has 0 aliphatic carbocycles. The van der Waals surface area contributed by atoms with Crippen molar-refractivity contribution in [2.75, 3.05) is 26.2 Å². The number of rotatable bonds is 6. The van der Waals surface area contributed by atoms with Crippen molar-refractivity contribution in [2.45, 2.75) is 18.8 Å².